The molecule has 0 spiro atoms. The standard InChI is InChI=1S/C14H13F3N4O3/c1-7(6-22)19-12(23)9-4-10(20-21-13(9)24)8-2-3-11(18-5-8)14(15,16)17/h2-5,7,22H,6H2,1H3,(H,19,23)(H,21,24)/t7-/m0/s1. The lowest BCUT2D eigenvalue weighted by Crippen LogP contribution is -2.38. The lowest BCUT2D eigenvalue weighted by molar-refractivity contribution is -0.141. The van der Waals surface area contributed by atoms with Crippen LogP contribution in [0.15, 0.2) is 29.2 Å². The summed E-state index contributed by atoms with van der Waals surface area (Å²) in [6.07, 6.45) is -3.62. The summed E-state index contributed by atoms with van der Waals surface area (Å²) in [7, 11) is 0. The number of hydrogen-bond acceptors (Lipinski definition) is 5. The first kappa shape index (κ1) is 17.6. The molecule has 2 heterocycles. The monoisotopic (exact) mass is 342 g/mol. The molecule has 3 N–H and O–H groups in total. The van der Waals surface area contributed by atoms with Gasteiger partial charge in [0.05, 0.1) is 12.3 Å². The molecule has 2 rings (SSSR count). The number of nitrogens with one attached hydrogen (secondary N) is 2. The summed E-state index contributed by atoms with van der Waals surface area (Å²) < 4.78 is 37.5. The predicted molar refractivity (Wildman–Crippen MR) is 77.1 cm³/mol. The Labute approximate surface area is 133 Å². The molecule has 0 radical (unpaired) electrons. The van der Waals surface area contributed by atoms with Gasteiger partial charge in [-0.2, -0.15) is 18.3 Å². The SMILES string of the molecule is C[C@@H](CO)NC(=O)c1cc(-c2ccc(C(F)(F)F)nc2)n[nH]c1=O. The van der Waals surface area contributed by atoms with Crippen molar-refractivity contribution in [1.82, 2.24) is 20.5 Å². The highest BCUT2D eigenvalue weighted by molar-refractivity contribution is 5.94. The zero-order valence-electron chi connectivity index (χ0n) is 12.4. The van der Waals surface area contributed by atoms with Crippen molar-refractivity contribution in [3.05, 3.63) is 46.0 Å². The van der Waals surface area contributed by atoms with E-state index in [0.29, 0.717) is 0 Å². The molecular formula is C14H13F3N4O3. The number of hydrogen-bond donors (Lipinski definition) is 3. The van der Waals surface area contributed by atoms with E-state index in [9.17, 15) is 22.8 Å². The molecule has 0 bridgehead atoms. The van der Waals surface area contributed by atoms with Gasteiger partial charge in [0.15, 0.2) is 0 Å². The summed E-state index contributed by atoms with van der Waals surface area (Å²) in [5, 5.41) is 17.1. The Morgan fingerprint density at radius 2 is 2.12 bits per heavy atom. The van der Waals surface area contributed by atoms with Crippen LogP contribution in [-0.2, 0) is 6.18 Å². The highest BCUT2D eigenvalue weighted by Crippen LogP contribution is 2.28. The minimum Gasteiger partial charge on any atom is -0.394 e. The van der Waals surface area contributed by atoms with Crippen LogP contribution in [0.5, 0.6) is 0 Å². The van der Waals surface area contributed by atoms with Crippen LogP contribution in [0, 0.1) is 0 Å². The molecule has 2 aromatic rings. The van der Waals surface area contributed by atoms with Crippen LogP contribution in [-0.4, -0.2) is 38.8 Å². The lowest BCUT2D eigenvalue weighted by Gasteiger charge is -2.10. The summed E-state index contributed by atoms with van der Waals surface area (Å²) >= 11 is 0. The van der Waals surface area contributed by atoms with Crippen molar-refractivity contribution in [3.8, 4) is 11.3 Å². The molecule has 7 nitrogen and oxygen atoms in total. The Bertz CT molecular complexity index is 787. The second-order valence-electron chi connectivity index (χ2n) is 4.98. The number of nitrogens with zero attached hydrogens (tertiary/aromatic N) is 2. The van der Waals surface area contributed by atoms with Crippen LogP contribution >= 0.6 is 0 Å². The van der Waals surface area contributed by atoms with Crippen molar-refractivity contribution < 1.29 is 23.1 Å². The Morgan fingerprint density at radius 3 is 2.67 bits per heavy atom. The molecule has 10 heteroatoms. The van der Waals surface area contributed by atoms with E-state index in [-0.39, 0.29) is 23.4 Å². The number of pyridine rings is 1. The van der Waals surface area contributed by atoms with E-state index >= 15 is 0 Å². The van der Waals surface area contributed by atoms with Gasteiger partial charge in [-0.1, -0.05) is 0 Å². The number of amides is 1. The Morgan fingerprint density at radius 1 is 1.42 bits per heavy atom. The Kier molecular flexibility index (Phi) is 4.98. The van der Waals surface area contributed by atoms with Crippen LogP contribution in [0.1, 0.15) is 23.0 Å². The Balaban J connectivity index is 2.34. The minimum atomic E-state index is -4.57. The third-order valence-corrected chi connectivity index (χ3v) is 3.05. The van der Waals surface area contributed by atoms with E-state index in [1.54, 1.807) is 0 Å². The number of aromatic nitrogens is 3. The van der Waals surface area contributed by atoms with E-state index in [1.807, 2.05) is 0 Å². The average molecular weight is 342 g/mol. The van der Waals surface area contributed by atoms with Gasteiger partial charge in [0.1, 0.15) is 11.3 Å². The highest BCUT2D eigenvalue weighted by atomic mass is 19.4. The number of aromatic amines is 1. The summed E-state index contributed by atoms with van der Waals surface area (Å²) in [4.78, 5) is 27.0. The third kappa shape index (κ3) is 3.96. The fourth-order valence-corrected chi connectivity index (χ4v) is 1.78. The number of aliphatic hydroxyl groups is 1. The number of aliphatic hydroxyl groups excluding tert-OH is 1. The molecule has 1 amide bonds. The first-order chi connectivity index (χ1) is 11.2. The largest absolute Gasteiger partial charge is 0.433 e. The van der Waals surface area contributed by atoms with Crippen molar-refractivity contribution in [1.29, 1.82) is 0 Å². The number of carbonyl (C=O) groups excluding carboxylic acids is 1. The molecule has 24 heavy (non-hydrogen) atoms. The van der Waals surface area contributed by atoms with E-state index < -0.39 is 29.4 Å². The molecule has 0 aliphatic rings. The summed E-state index contributed by atoms with van der Waals surface area (Å²) in [5.41, 5.74) is -1.83. The van der Waals surface area contributed by atoms with Crippen molar-refractivity contribution >= 4 is 5.91 Å². The molecule has 0 fully saturated rings. The molecular weight excluding hydrogens is 329 g/mol. The van der Waals surface area contributed by atoms with Crippen LogP contribution in [0.3, 0.4) is 0 Å². The topological polar surface area (TPSA) is 108 Å². The van der Waals surface area contributed by atoms with E-state index in [1.165, 1.54) is 6.92 Å². The average Bonchev–Trinajstić information content (AvgIpc) is 2.54. The summed E-state index contributed by atoms with van der Waals surface area (Å²) in [5.74, 6) is -0.735. The molecule has 0 aliphatic carbocycles. The predicted octanol–water partition coefficient (Wildman–Crippen LogP) is 0.961. The van der Waals surface area contributed by atoms with Gasteiger partial charge in [0, 0.05) is 17.8 Å². The fourth-order valence-electron chi connectivity index (χ4n) is 1.78. The number of alkyl halides is 3. The van der Waals surface area contributed by atoms with Gasteiger partial charge in [-0.05, 0) is 25.1 Å². The van der Waals surface area contributed by atoms with Crippen LogP contribution < -0.4 is 10.9 Å². The van der Waals surface area contributed by atoms with Gasteiger partial charge in [0.2, 0.25) is 0 Å². The zero-order valence-corrected chi connectivity index (χ0v) is 12.4. The van der Waals surface area contributed by atoms with Crippen LogP contribution in [0.4, 0.5) is 13.2 Å². The van der Waals surface area contributed by atoms with Crippen LogP contribution in [0.2, 0.25) is 0 Å². The first-order valence-electron chi connectivity index (χ1n) is 6.77. The molecule has 1 atom stereocenters. The van der Waals surface area contributed by atoms with Gasteiger partial charge in [-0.3, -0.25) is 14.6 Å². The second-order valence-corrected chi connectivity index (χ2v) is 4.98. The molecule has 0 aromatic carbocycles. The van der Waals surface area contributed by atoms with E-state index in [4.69, 9.17) is 5.11 Å². The van der Waals surface area contributed by atoms with Gasteiger partial charge in [-0.25, -0.2) is 5.10 Å². The number of rotatable bonds is 4. The second kappa shape index (κ2) is 6.79. The van der Waals surface area contributed by atoms with Crippen molar-refractivity contribution in [2.24, 2.45) is 0 Å². The molecule has 0 aliphatic heterocycles. The maximum Gasteiger partial charge on any atom is 0.433 e. The first-order valence-corrected chi connectivity index (χ1v) is 6.77. The minimum absolute atomic E-state index is 0.0811. The smallest absolute Gasteiger partial charge is 0.394 e. The summed E-state index contributed by atoms with van der Waals surface area (Å²) in [6, 6.07) is 2.48. The van der Waals surface area contributed by atoms with Crippen LogP contribution in [0.25, 0.3) is 11.3 Å². The number of H-pyrrole nitrogens is 1. The summed E-state index contributed by atoms with van der Waals surface area (Å²) in [6.45, 7) is 1.22. The van der Waals surface area contributed by atoms with Gasteiger partial charge < -0.3 is 10.4 Å². The quantitative estimate of drug-likeness (QED) is 0.767. The van der Waals surface area contributed by atoms with E-state index in [2.05, 4.69) is 20.5 Å². The normalized spacial score (nSPS) is 12.7. The fraction of sp³-hybridized carbons (Fsp3) is 0.286. The number of halogens is 3. The van der Waals surface area contributed by atoms with Crippen molar-refractivity contribution in [2.45, 2.75) is 19.1 Å². The maximum atomic E-state index is 12.5. The van der Waals surface area contributed by atoms with Crippen molar-refractivity contribution in [2.75, 3.05) is 6.61 Å². The van der Waals surface area contributed by atoms with Gasteiger partial charge in [-0.15, -0.1) is 0 Å². The highest BCUT2D eigenvalue weighted by Gasteiger charge is 2.32. The molecule has 0 unspecified atom stereocenters. The number of carbonyl (C=O) groups is 1. The maximum absolute atomic E-state index is 12.5. The van der Waals surface area contributed by atoms with Gasteiger partial charge >= 0.3 is 6.18 Å². The molecule has 128 valence electrons. The molecule has 0 saturated carbocycles. The Hall–Kier alpha value is -2.75. The van der Waals surface area contributed by atoms with E-state index in [0.717, 1.165) is 24.4 Å². The zero-order chi connectivity index (χ0) is 17.9. The third-order valence-electron chi connectivity index (χ3n) is 3.05. The lowest BCUT2D eigenvalue weighted by atomic mass is 10.1. The molecule has 2 aromatic heterocycles. The van der Waals surface area contributed by atoms with Crippen molar-refractivity contribution in [3.63, 3.8) is 0 Å². The van der Waals surface area contributed by atoms with Gasteiger partial charge in [0.25, 0.3) is 11.5 Å². The molecule has 0 saturated heterocycles.